The Kier molecular flexibility index (Phi) is 7.42. The number of rotatable bonds is 8. The third kappa shape index (κ3) is 6.07. The maximum atomic E-state index is 9.59. The minimum absolute atomic E-state index is 0.338. The standard InChI is InChI=1S/C26H36N2O2/c1-21-5-2-3-6-24(21)19-27-14-12-23(13-15-27)18-28(20-26-7-4-16-30-26)17-22-8-10-25(29)11-9-22/h2-3,5-6,8-11,23,26,29H,4,7,12-20H2,1H3/t26-/m0/s1. The van der Waals surface area contributed by atoms with Crippen LogP contribution in [0.4, 0.5) is 0 Å². The predicted molar refractivity (Wildman–Crippen MR) is 122 cm³/mol. The van der Waals surface area contributed by atoms with E-state index in [1.54, 1.807) is 12.1 Å². The molecule has 0 aliphatic carbocycles. The van der Waals surface area contributed by atoms with Gasteiger partial charge in [0.25, 0.3) is 0 Å². The minimum atomic E-state index is 0.338. The molecule has 0 radical (unpaired) electrons. The van der Waals surface area contributed by atoms with Crippen molar-refractivity contribution in [3.63, 3.8) is 0 Å². The number of piperidine rings is 1. The molecule has 162 valence electrons. The Morgan fingerprint density at radius 3 is 2.47 bits per heavy atom. The first kappa shape index (κ1) is 21.4. The molecule has 2 aliphatic rings. The summed E-state index contributed by atoms with van der Waals surface area (Å²) in [5.74, 6) is 1.09. The Bertz CT molecular complexity index is 778. The van der Waals surface area contributed by atoms with Crippen molar-refractivity contribution in [2.75, 3.05) is 32.8 Å². The lowest BCUT2D eigenvalue weighted by atomic mass is 9.95. The number of aromatic hydroxyl groups is 1. The molecule has 0 amide bonds. The normalized spacial score (nSPS) is 20.8. The van der Waals surface area contributed by atoms with E-state index in [9.17, 15) is 5.11 Å². The summed E-state index contributed by atoms with van der Waals surface area (Å²) >= 11 is 0. The number of nitrogens with zero attached hydrogens (tertiary/aromatic N) is 2. The van der Waals surface area contributed by atoms with Gasteiger partial charge in [0, 0.05) is 32.8 Å². The van der Waals surface area contributed by atoms with Crippen molar-refractivity contribution in [2.45, 2.75) is 51.8 Å². The van der Waals surface area contributed by atoms with Crippen LogP contribution >= 0.6 is 0 Å². The third-order valence-electron chi connectivity index (χ3n) is 6.71. The molecule has 30 heavy (non-hydrogen) atoms. The van der Waals surface area contributed by atoms with Crippen LogP contribution in [0.3, 0.4) is 0 Å². The lowest BCUT2D eigenvalue weighted by molar-refractivity contribution is 0.0570. The SMILES string of the molecule is Cc1ccccc1CN1CCC(CN(Cc2ccc(O)cc2)C[C@@H]2CCCO2)CC1. The van der Waals surface area contributed by atoms with E-state index in [0.29, 0.717) is 11.9 Å². The zero-order chi connectivity index (χ0) is 20.8. The fourth-order valence-corrected chi connectivity index (χ4v) is 4.86. The maximum absolute atomic E-state index is 9.59. The van der Waals surface area contributed by atoms with Crippen molar-refractivity contribution in [3.05, 3.63) is 65.2 Å². The van der Waals surface area contributed by atoms with Gasteiger partial charge >= 0.3 is 0 Å². The average Bonchev–Trinajstić information content (AvgIpc) is 3.26. The summed E-state index contributed by atoms with van der Waals surface area (Å²) in [6.07, 6.45) is 5.28. The van der Waals surface area contributed by atoms with Gasteiger partial charge in [0.05, 0.1) is 6.10 Å². The number of ether oxygens (including phenoxy) is 1. The van der Waals surface area contributed by atoms with Gasteiger partial charge in [0.1, 0.15) is 5.75 Å². The summed E-state index contributed by atoms with van der Waals surface area (Å²) in [5.41, 5.74) is 4.13. The molecule has 2 aromatic rings. The summed E-state index contributed by atoms with van der Waals surface area (Å²) in [4.78, 5) is 5.20. The maximum Gasteiger partial charge on any atom is 0.115 e. The predicted octanol–water partition coefficient (Wildman–Crippen LogP) is 4.59. The number of hydrogen-bond donors (Lipinski definition) is 1. The van der Waals surface area contributed by atoms with Crippen LogP contribution < -0.4 is 0 Å². The van der Waals surface area contributed by atoms with Gasteiger partial charge in [0.2, 0.25) is 0 Å². The van der Waals surface area contributed by atoms with E-state index in [1.807, 2.05) is 12.1 Å². The molecule has 1 atom stereocenters. The molecule has 1 N–H and O–H groups in total. The lowest BCUT2D eigenvalue weighted by Gasteiger charge is -2.36. The summed E-state index contributed by atoms with van der Waals surface area (Å²) in [6.45, 7) is 9.67. The fraction of sp³-hybridized carbons (Fsp3) is 0.538. The molecule has 0 unspecified atom stereocenters. The first-order valence-corrected chi connectivity index (χ1v) is 11.5. The van der Waals surface area contributed by atoms with Gasteiger partial charge in [0.15, 0.2) is 0 Å². The van der Waals surface area contributed by atoms with E-state index in [0.717, 1.165) is 38.7 Å². The molecular weight excluding hydrogens is 372 g/mol. The molecule has 4 heteroatoms. The summed E-state index contributed by atoms with van der Waals surface area (Å²) in [6, 6.07) is 16.4. The quantitative estimate of drug-likeness (QED) is 0.693. The highest BCUT2D eigenvalue weighted by Crippen LogP contribution is 2.23. The molecule has 4 nitrogen and oxygen atoms in total. The lowest BCUT2D eigenvalue weighted by Crippen LogP contribution is -2.40. The largest absolute Gasteiger partial charge is 0.508 e. The monoisotopic (exact) mass is 408 g/mol. The Morgan fingerprint density at radius 1 is 1.00 bits per heavy atom. The number of aryl methyl sites for hydroxylation is 1. The van der Waals surface area contributed by atoms with Crippen LogP contribution in [0.15, 0.2) is 48.5 Å². The van der Waals surface area contributed by atoms with E-state index in [4.69, 9.17) is 4.74 Å². The molecule has 4 rings (SSSR count). The van der Waals surface area contributed by atoms with Crippen molar-refractivity contribution >= 4 is 0 Å². The Morgan fingerprint density at radius 2 is 1.77 bits per heavy atom. The van der Waals surface area contributed by atoms with Crippen LogP contribution in [0.2, 0.25) is 0 Å². The molecule has 2 heterocycles. The molecular formula is C26H36N2O2. The first-order valence-electron chi connectivity index (χ1n) is 11.5. The number of phenolic OH excluding ortho intramolecular Hbond substituents is 1. The number of benzene rings is 2. The van der Waals surface area contributed by atoms with Gasteiger partial charge in [-0.2, -0.15) is 0 Å². The van der Waals surface area contributed by atoms with Gasteiger partial charge in [-0.05, 0) is 80.4 Å². The van der Waals surface area contributed by atoms with E-state index in [2.05, 4.69) is 41.0 Å². The number of hydrogen-bond acceptors (Lipinski definition) is 4. The topological polar surface area (TPSA) is 35.9 Å². The van der Waals surface area contributed by atoms with Gasteiger partial charge in [-0.25, -0.2) is 0 Å². The fourth-order valence-electron chi connectivity index (χ4n) is 4.86. The van der Waals surface area contributed by atoms with Crippen LogP contribution in [0.5, 0.6) is 5.75 Å². The van der Waals surface area contributed by atoms with E-state index >= 15 is 0 Å². The van der Waals surface area contributed by atoms with Gasteiger partial charge in [-0.3, -0.25) is 9.80 Å². The summed E-state index contributed by atoms with van der Waals surface area (Å²) in [5, 5.41) is 9.59. The van der Waals surface area contributed by atoms with Gasteiger partial charge in [-0.15, -0.1) is 0 Å². The zero-order valence-corrected chi connectivity index (χ0v) is 18.3. The van der Waals surface area contributed by atoms with Gasteiger partial charge < -0.3 is 9.84 Å². The van der Waals surface area contributed by atoms with Crippen LogP contribution in [0.1, 0.15) is 42.4 Å². The van der Waals surface area contributed by atoms with Crippen LogP contribution in [0.25, 0.3) is 0 Å². The highest BCUT2D eigenvalue weighted by molar-refractivity contribution is 5.26. The molecule has 0 bridgehead atoms. The Labute approximate surface area is 181 Å². The molecule has 2 aliphatic heterocycles. The first-order chi connectivity index (χ1) is 14.7. The Balaban J connectivity index is 1.31. The molecule has 0 aromatic heterocycles. The molecule has 2 saturated heterocycles. The molecule has 0 spiro atoms. The average molecular weight is 409 g/mol. The van der Waals surface area contributed by atoms with Crippen molar-refractivity contribution in [2.24, 2.45) is 5.92 Å². The Hall–Kier alpha value is -1.88. The van der Waals surface area contributed by atoms with Crippen molar-refractivity contribution in [1.29, 1.82) is 0 Å². The number of likely N-dealkylation sites (tertiary alicyclic amines) is 1. The smallest absolute Gasteiger partial charge is 0.115 e. The highest BCUT2D eigenvalue weighted by Gasteiger charge is 2.25. The van der Waals surface area contributed by atoms with Crippen LogP contribution in [-0.2, 0) is 17.8 Å². The molecule has 2 aromatic carbocycles. The molecule has 2 fully saturated rings. The summed E-state index contributed by atoms with van der Waals surface area (Å²) < 4.78 is 5.93. The van der Waals surface area contributed by atoms with Crippen molar-refractivity contribution in [3.8, 4) is 5.75 Å². The van der Waals surface area contributed by atoms with E-state index in [1.165, 1.54) is 55.5 Å². The van der Waals surface area contributed by atoms with Crippen molar-refractivity contribution in [1.82, 2.24) is 9.80 Å². The zero-order valence-electron chi connectivity index (χ0n) is 18.3. The second kappa shape index (κ2) is 10.4. The third-order valence-corrected chi connectivity index (χ3v) is 6.71. The van der Waals surface area contributed by atoms with Crippen molar-refractivity contribution < 1.29 is 9.84 Å². The second-order valence-electron chi connectivity index (χ2n) is 9.14. The van der Waals surface area contributed by atoms with E-state index < -0.39 is 0 Å². The van der Waals surface area contributed by atoms with E-state index in [-0.39, 0.29) is 0 Å². The number of phenols is 1. The minimum Gasteiger partial charge on any atom is -0.508 e. The van der Waals surface area contributed by atoms with Crippen LogP contribution in [0, 0.1) is 12.8 Å². The van der Waals surface area contributed by atoms with Crippen LogP contribution in [-0.4, -0.2) is 53.8 Å². The summed E-state index contributed by atoms with van der Waals surface area (Å²) in [7, 11) is 0. The highest BCUT2D eigenvalue weighted by atomic mass is 16.5. The second-order valence-corrected chi connectivity index (χ2v) is 9.14. The van der Waals surface area contributed by atoms with Gasteiger partial charge in [-0.1, -0.05) is 36.4 Å². The molecule has 0 saturated carbocycles.